The van der Waals surface area contributed by atoms with E-state index < -0.39 is 16.1 Å². The van der Waals surface area contributed by atoms with Crippen LogP contribution in [0.1, 0.15) is 56.3 Å². The van der Waals surface area contributed by atoms with Crippen molar-refractivity contribution in [3.63, 3.8) is 0 Å². The lowest BCUT2D eigenvalue weighted by molar-refractivity contribution is 0.0330. The molecular weight excluding hydrogens is 538 g/mol. The largest absolute Gasteiger partial charge is 0.488 e. The van der Waals surface area contributed by atoms with E-state index >= 15 is 0 Å². The van der Waals surface area contributed by atoms with E-state index in [1.165, 1.54) is 62.4 Å². The van der Waals surface area contributed by atoms with Crippen molar-refractivity contribution in [2.24, 2.45) is 11.8 Å². The fourth-order valence-electron chi connectivity index (χ4n) is 5.52. The predicted molar refractivity (Wildman–Crippen MR) is 154 cm³/mol. The van der Waals surface area contributed by atoms with Gasteiger partial charge in [0, 0.05) is 36.3 Å². The highest BCUT2D eigenvalue weighted by Crippen LogP contribution is 2.32. The van der Waals surface area contributed by atoms with Crippen LogP contribution < -0.4 is 9.46 Å². The molecule has 0 radical (unpaired) electrons. The van der Waals surface area contributed by atoms with Gasteiger partial charge in [0.15, 0.2) is 0 Å². The Hall–Kier alpha value is -2.33. The SMILES string of the molecule is C[C@@H]1CN([C@H](C)CO)C(=O)c2cc(NS(=O)(=O)c3ccc(Cl)cc3)ccc2O[C@@H]1CN(C)CC1CCCCC1. The molecule has 10 heteroatoms. The summed E-state index contributed by atoms with van der Waals surface area (Å²) in [6, 6.07) is 10.2. The van der Waals surface area contributed by atoms with Crippen LogP contribution >= 0.6 is 11.6 Å². The molecule has 0 spiro atoms. The summed E-state index contributed by atoms with van der Waals surface area (Å²) in [5.74, 6) is 0.823. The van der Waals surface area contributed by atoms with Gasteiger partial charge in [0.25, 0.3) is 15.9 Å². The van der Waals surface area contributed by atoms with E-state index in [9.17, 15) is 18.3 Å². The van der Waals surface area contributed by atoms with E-state index in [0.29, 0.717) is 29.8 Å². The van der Waals surface area contributed by atoms with Gasteiger partial charge in [-0.15, -0.1) is 0 Å². The third-order valence-corrected chi connectivity index (χ3v) is 9.48. The third-order valence-electron chi connectivity index (χ3n) is 7.83. The smallest absolute Gasteiger partial charge is 0.261 e. The normalized spacial score (nSPS) is 21.6. The number of anilines is 1. The summed E-state index contributed by atoms with van der Waals surface area (Å²) in [6.45, 7) is 5.84. The van der Waals surface area contributed by atoms with Crippen LogP contribution in [-0.2, 0) is 10.0 Å². The molecular formula is C29H40ClN3O5S. The second-order valence-electron chi connectivity index (χ2n) is 11.1. The van der Waals surface area contributed by atoms with Gasteiger partial charge in [0.2, 0.25) is 0 Å². The highest BCUT2D eigenvalue weighted by Gasteiger charge is 2.34. The van der Waals surface area contributed by atoms with E-state index in [-0.39, 0.29) is 40.7 Å². The summed E-state index contributed by atoms with van der Waals surface area (Å²) < 4.78 is 35.0. The van der Waals surface area contributed by atoms with Gasteiger partial charge < -0.3 is 19.6 Å². The number of sulfonamides is 1. The number of hydrogen-bond donors (Lipinski definition) is 2. The molecule has 2 aliphatic rings. The molecule has 0 unspecified atom stereocenters. The summed E-state index contributed by atoms with van der Waals surface area (Å²) in [4.78, 5) is 17.7. The molecule has 8 nitrogen and oxygen atoms in total. The molecule has 1 amide bonds. The Bertz CT molecular complexity index is 1230. The molecule has 1 aliphatic carbocycles. The third kappa shape index (κ3) is 7.45. The van der Waals surface area contributed by atoms with Crippen LogP contribution in [0, 0.1) is 11.8 Å². The van der Waals surface area contributed by atoms with Crippen LogP contribution in [0.2, 0.25) is 5.02 Å². The number of amides is 1. The number of carbonyl (C=O) groups excluding carboxylic acids is 1. The number of fused-ring (bicyclic) bond motifs is 1. The molecule has 2 aromatic rings. The standard InChI is InChI=1S/C29H40ClN3O5S/c1-20-16-33(21(2)19-34)29(35)26-15-24(31-39(36,37)25-12-9-23(30)10-13-25)11-14-27(26)38-28(20)18-32(3)17-22-7-5-4-6-8-22/h9-15,20-22,28,31,34H,4-8,16-19H2,1-3H3/t20-,21-,28-/m1/s1. The van der Waals surface area contributed by atoms with Crippen molar-refractivity contribution in [1.82, 2.24) is 9.80 Å². The van der Waals surface area contributed by atoms with Gasteiger partial charge in [0.05, 0.1) is 23.1 Å². The topological polar surface area (TPSA) is 99.2 Å². The number of rotatable bonds is 9. The number of halogens is 1. The van der Waals surface area contributed by atoms with Gasteiger partial charge in [-0.1, -0.05) is 37.8 Å². The first-order chi connectivity index (χ1) is 18.6. The van der Waals surface area contributed by atoms with Crippen LogP contribution in [-0.4, -0.2) is 74.7 Å². The van der Waals surface area contributed by atoms with Crippen molar-refractivity contribution in [3.8, 4) is 5.75 Å². The molecule has 1 aliphatic heterocycles. The van der Waals surface area contributed by atoms with E-state index in [1.54, 1.807) is 17.0 Å². The number of aliphatic hydroxyl groups is 1. The fourth-order valence-corrected chi connectivity index (χ4v) is 6.70. The van der Waals surface area contributed by atoms with Crippen molar-refractivity contribution < 1.29 is 23.1 Å². The predicted octanol–water partition coefficient (Wildman–Crippen LogP) is 4.87. The van der Waals surface area contributed by atoms with Crippen molar-refractivity contribution in [1.29, 1.82) is 0 Å². The summed E-state index contributed by atoms with van der Waals surface area (Å²) in [6.07, 6.45) is 6.25. The van der Waals surface area contributed by atoms with E-state index in [4.69, 9.17) is 16.3 Å². The number of benzene rings is 2. The average Bonchev–Trinajstić information content (AvgIpc) is 2.91. The minimum atomic E-state index is -3.90. The van der Waals surface area contributed by atoms with Crippen molar-refractivity contribution >= 4 is 33.2 Å². The Morgan fingerprint density at radius 3 is 2.49 bits per heavy atom. The number of nitrogens with zero attached hydrogens (tertiary/aromatic N) is 2. The minimum Gasteiger partial charge on any atom is -0.488 e. The zero-order chi connectivity index (χ0) is 28.2. The second kappa shape index (κ2) is 12.9. The molecule has 4 rings (SSSR count). The number of carbonyl (C=O) groups is 1. The first-order valence-electron chi connectivity index (χ1n) is 13.8. The number of aliphatic hydroxyl groups excluding tert-OH is 1. The van der Waals surface area contributed by atoms with Crippen LogP contribution in [0.15, 0.2) is 47.4 Å². The first kappa shape index (κ1) is 29.6. The van der Waals surface area contributed by atoms with Gasteiger partial charge in [0.1, 0.15) is 11.9 Å². The van der Waals surface area contributed by atoms with E-state index in [0.717, 1.165) is 6.54 Å². The highest BCUT2D eigenvalue weighted by atomic mass is 35.5. The summed E-state index contributed by atoms with van der Waals surface area (Å²) in [5, 5.41) is 10.3. The lowest BCUT2D eigenvalue weighted by Crippen LogP contribution is -2.50. The highest BCUT2D eigenvalue weighted by molar-refractivity contribution is 7.92. The average molecular weight is 578 g/mol. The molecule has 1 saturated carbocycles. The molecule has 2 aromatic carbocycles. The van der Waals surface area contributed by atoms with Crippen LogP contribution in [0.4, 0.5) is 5.69 Å². The maximum atomic E-state index is 13.7. The monoisotopic (exact) mass is 577 g/mol. The molecule has 214 valence electrons. The molecule has 3 atom stereocenters. The number of nitrogens with one attached hydrogen (secondary N) is 1. The quantitative estimate of drug-likeness (QED) is 0.441. The zero-order valence-electron chi connectivity index (χ0n) is 23.0. The Kier molecular flexibility index (Phi) is 9.80. The lowest BCUT2D eigenvalue weighted by atomic mass is 9.89. The molecule has 1 fully saturated rings. The minimum absolute atomic E-state index is 0.0213. The fraction of sp³-hybridized carbons (Fsp3) is 0.552. The molecule has 0 aromatic heterocycles. The molecule has 0 bridgehead atoms. The Labute approximate surface area is 237 Å². The molecule has 1 heterocycles. The molecule has 0 saturated heterocycles. The number of likely N-dealkylation sites (N-methyl/N-ethyl adjacent to an activating group) is 1. The van der Waals surface area contributed by atoms with Crippen molar-refractivity contribution in [2.45, 2.75) is 63.0 Å². The van der Waals surface area contributed by atoms with Gasteiger partial charge >= 0.3 is 0 Å². The molecule has 2 N–H and O–H groups in total. The number of ether oxygens (including phenoxy) is 1. The van der Waals surface area contributed by atoms with Gasteiger partial charge in [-0.25, -0.2) is 8.42 Å². The summed E-state index contributed by atoms with van der Waals surface area (Å²) in [5.41, 5.74) is 0.510. The second-order valence-corrected chi connectivity index (χ2v) is 13.2. The van der Waals surface area contributed by atoms with Gasteiger partial charge in [-0.3, -0.25) is 9.52 Å². The summed E-state index contributed by atoms with van der Waals surface area (Å²) in [7, 11) is -1.77. The van der Waals surface area contributed by atoms with Gasteiger partial charge in [-0.2, -0.15) is 0 Å². The molecule has 39 heavy (non-hydrogen) atoms. The van der Waals surface area contributed by atoms with Crippen LogP contribution in [0.3, 0.4) is 0 Å². The van der Waals surface area contributed by atoms with Crippen molar-refractivity contribution in [3.05, 3.63) is 53.1 Å². The Morgan fingerprint density at radius 2 is 1.82 bits per heavy atom. The van der Waals surface area contributed by atoms with Crippen LogP contribution in [0.25, 0.3) is 0 Å². The maximum absolute atomic E-state index is 13.7. The van der Waals surface area contributed by atoms with Gasteiger partial charge in [-0.05, 0) is 75.2 Å². The maximum Gasteiger partial charge on any atom is 0.261 e. The number of hydrogen-bond acceptors (Lipinski definition) is 6. The Morgan fingerprint density at radius 1 is 1.13 bits per heavy atom. The first-order valence-corrected chi connectivity index (χ1v) is 15.6. The Balaban J connectivity index is 1.60. The van der Waals surface area contributed by atoms with E-state index in [2.05, 4.69) is 23.6 Å². The summed E-state index contributed by atoms with van der Waals surface area (Å²) >= 11 is 5.91. The zero-order valence-corrected chi connectivity index (χ0v) is 24.5. The van der Waals surface area contributed by atoms with E-state index in [1.807, 2.05) is 6.92 Å². The van der Waals surface area contributed by atoms with Crippen LogP contribution in [0.5, 0.6) is 5.75 Å². The van der Waals surface area contributed by atoms with Crippen molar-refractivity contribution in [2.75, 3.05) is 38.0 Å². The lowest BCUT2D eigenvalue weighted by Gasteiger charge is -2.38.